The van der Waals surface area contributed by atoms with Gasteiger partial charge in [-0.2, -0.15) is 0 Å². The highest BCUT2D eigenvalue weighted by atomic mass is 32.2. The van der Waals surface area contributed by atoms with Crippen molar-refractivity contribution in [1.29, 1.82) is 0 Å². The third-order valence-corrected chi connectivity index (χ3v) is 3.39. The van der Waals surface area contributed by atoms with Crippen LogP contribution >= 0.6 is 11.8 Å². The fourth-order valence-corrected chi connectivity index (χ4v) is 2.15. The third kappa shape index (κ3) is 4.07. The van der Waals surface area contributed by atoms with E-state index in [-0.39, 0.29) is 18.2 Å². The number of carbonyl (C=O) groups is 1. The van der Waals surface area contributed by atoms with Crippen LogP contribution in [0.3, 0.4) is 0 Å². The second-order valence-corrected chi connectivity index (χ2v) is 4.98. The Morgan fingerprint density at radius 2 is 2.30 bits per heavy atom. The van der Waals surface area contributed by atoms with Gasteiger partial charge < -0.3 is 15.5 Å². The summed E-state index contributed by atoms with van der Waals surface area (Å²) in [5.74, 6) is 0.460. The van der Waals surface area contributed by atoms with E-state index in [1.807, 2.05) is 24.3 Å². The van der Waals surface area contributed by atoms with E-state index in [1.165, 1.54) is 17.3 Å². The zero-order valence-corrected chi connectivity index (χ0v) is 11.9. The lowest BCUT2D eigenvalue weighted by Crippen LogP contribution is -2.14. The van der Waals surface area contributed by atoms with Crippen LogP contribution in [0.25, 0.3) is 0 Å². The summed E-state index contributed by atoms with van der Waals surface area (Å²) in [4.78, 5) is 11.8. The molecule has 0 unspecified atom stereocenters. The molecule has 0 radical (unpaired) electrons. The molecular weight excluding hydrogens is 276 g/mol. The standard InChI is InChI=1S/C13H16N4O2S/c1-2-9-4-3-5-10(6-9)15-11(18)8-20-13-17-16-12(7-14)19-13/h3-6H,2,7-8,14H2,1H3,(H,15,18). The summed E-state index contributed by atoms with van der Waals surface area (Å²) >= 11 is 1.19. The summed E-state index contributed by atoms with van der Waals surface area (Å²) < 4.78 is 5.21. The van der Waals surface area contributed by atoms with Gasteiger partial charge in [0.25, 0.3) is 5.22 Å². The van der Waals surface area contributed by atoms with Gasteiger partial charge in [0.2, 0.25) is 11.8 Å². The smallest absolute Gasteiger partial charge is 0.277 e. The maximum Gasteiger partial charge on any atom is 0.277 e. The molecule has 1 aromatic heterocycles. The van der Waals surface area contributed by atoms with Gasteiger partial charge in [0.05, 0.1) is 12.3 Å². The second kappa shape index (κ2) is 7.06. The summed E-state index contributed by atoms with van der Waals surface area (Å²) in [6.07, 6.45) is 0.933. The number of nitrogens with zero attached hydrogens (tertiary/aromatic N) is 2. The van der Waals surface area contributed by atoms with Crippen LogP contribution in [0, 0.1) is 0 Å². The minimum absolute atomic E-state index is 0.115. The first kappa shape index (κ1) is 14.5. The van der Waals surface area contributed by atoms with Gasteiger partial charge in [0, 0.05) is 5.69 Å². The molecule has 0 saturated carbocycles. The first-order valence-corrected chi connectivity index (χ1v) is 7.24. The van der Waals surface area contributed by atoms with Gasteiger partial charge in [0.1, 0.15) is 0 Å². The zero-order chi connectivity index (χ0) is 14.4. The molecular formula is C13H16N4O2S. The molecule has 2 rings (SSSR count). The van der Waals surface area contributed by atoms with Crippen LogP contribution < -0.4 is 11.1 Å². The van der Waals surface area contributed by atoms with Gasteiger partial charge in [-0.15, -0.1) is 10.2 Å². The van der Waals surface area contributed by atoms with Crippen molar-refractivity contribution < 1.29 is 9.21 Å². The van der Waals surface area contributed by atoms with Crippen LogP contribution in [0.2, 0.25) is 0 Å². The van der Waals surface area contributed by atoms with Crippen molar-refractivity contribution in [2.24, 2.45) is 5.73 Å². The minimum Gasteiger partial charge on any atom is -0.415 e. The third-order valence-electron chi connectivity index (χ3n) is 2.57. The van der Waals surface area contributed by atoms with E-state index in [2.05, 4.69) is 22.4 Å². The summed E-state index contributed by atoms with van der Waals surface area (Å²) in [6.45, 7) is 2.27. The zero-order valence-electron chi connectivity index (χ0n) is 11.1. The van der Waals surface area contributed by atoms with E-state index in [0.29, 0.717) is 11.1 Å². The number of hydrogen-bond donors (Lipinski definition) is 2. The van der Waals surface area contributed by atoms with Gasteiger partial charge in [-0.05, 0) is 24.1 Å². The molecule has 20 heavy (non-hydrogen) atoms. The normalized spacial score (nSPS) is 10.5. The van der Waals surface area contributed by atoms with E-state index < -0.39 is 0 Å². The lowest BCUT2D eigenvalue weighted by Gasteiger charge is -2.05. The van der Waals surface area contributed by atoms with Crippen molar-refractivity contribution in [3.63, 3.8) is 0 Å². The number of nitrogens with two attached hydrogens (primary N) is 1. The molecule has 0 aliphatic carbocycles. The van der Waals surface area contributed by atoms with Crippen molar-refractivity contribution >= 4 is 23.4 Å². The highest BCUT2D eigenvalue weighted by molar-refractivity contribution is 7.99. The number of nitrogens with one attached hydrogen (secondary N) is 1. The quantitative estimate of drug-likeness (QED) is 0.789. The Bertz CT molecular complexity index is 585. The molecule has 0 atom stereocenters. The number of carbonyl (C=O) groups excluding carboxylic acids is 1. The molecule has 6 nitrogen and oxygen atoms in total. The SMILES string of the molecule is CCc1cccc(NC(=O)CSc2nnc(CN)o2)c1. The number of benzene rings is 1. The number of thioether (sulfide) groups is 1. The van der Waals surface area contributed by atoms with Crippen LogP contribution in [0.1, 0.15) is 18.4 Å². The first-order chi connectivity index (χ1) is 9.71. The van der Waals surface area contributed by atoms with E-state index in [4.69, 9.17) is 10.2 Å². The van der Waals surface area contributed by atoms with Gasteiger partial charge in [0.15, 0.2) is 0 Å². The molecule has 1 heterocycles. The Morgan fingerprint density at radius 1 is 1.45 bits per heavy atom. The van der Waals surface area contributed by atoms with Crippen molar-refractivity contribution in [2.45, 2.75) is 25.1 Å². The summed E-state index contributed by atoms with van der Waals surface area (Å²) in [5.41, 5.74) is 7.34. The average Bonchev–Trinajstić information content (AvgIpc) is 2.93. The fourth-order valence-electron chi connectivity index (χ4n) is 1.57. The van der Waals surface area contributed by atoms with Gasteiger partial charge in [-0.1, -0.05) is 30.8 Å². The number of anilines is 1. The van der Waals surface area contributed by atoms with Crippen LogP contribution in [-0.2, 0) is 17.8 Å². The number of aryl methyl sites for hydroxylation is 1. The maximum atomic E-state index is 11.8. The molecule has 0 bridgehead atoms. The van der Waals surface area contributed by atoms with Crippen molar-refractivity contribution in [3.8, 4) is 0 Å². The lowest BCUT2D eigenvalue weighted by molar-refractivity contribution is -0.113. The van der Waals surface area contributed by atoms with Crippen LogP contribution in [0.4, 0.5) is 5.69 Å². The van der Waals surface area contributed by atoms with Gasteiger partial charge in [-0.25, -0.2) is 0 Å². The molecule has 1 aromatic carbocycles. The highest BCUT2D eigenvalue weighted by Crippen LogP contribution is 2.17. The van der Waals surface area contributed by atoms with E-state index in [0.717, 1.165) is 12.1 Å². The van der Waals surface area contributed by atoms with E-state index >= 15 is 0 Å². The molecule has 106 valence electrons. The van der Waals surface area contributed by atoms with Gasteiger partial charge in [-0.3, -0.25) is 4.79 Å². The van der Waals surface area contributed by atoms with Gasteiger partial charge >= 0.3 is 0 Å². The van der Waals surface area contributed by atoms with Crippen molar-refractivity contribution in [2.75, 3.05) is 11.1 Å². The highest BCUT2D eigenvalue weighted by Gasteiger charge is 2.09. The number of rotatable bonds is 6. The predicted molar refractivity (Wildman–Crippen MR) is 77.4 cm³/mol. The summed E-state index contributed by atoms with van der Waals surface area (Å²) in [6, 6.07) is 7.77. The Kier molecular flexibility index (Phi) is 5.14. The molecule has 2 aromatic rings. The summed E-state index contributed by atoms with van der Waals surface area (Å²) in [7, 11) is 0. The lowest BCUT2D eigenvalue weighted by atomic mass is 10.1. The van der Waals surface area contributed by atoms with Crippen molar-refractivity contribution in [3.05, 3.63) is 35.7 Å². The molecule has 0 spiro atoms. The molecule has 0 saturated heterocycles. The molecule has 3 N–H and O–H groups in total. The second-order valence-electron chi connectivity index (χ2n) is 4.06. The topological polar surface area (TPSA) is 94.0 Å². The molecule has 0 aliphatic heterocycles. The number of amides is 1. The molecule has 0 aliphatic rings. The molecule has 1 amide bonds. The molecule has 7 heteroatoms. The monoisotopic (exact) mass is 292 g/mol. The van der Waals surface area contributed by atoms with Crippen LogP contribution in [0.5, 0.6) is 0 Å². The maximum absolute atomic E-state index is 11.8. The predicted octanol–water partition coefficient (Wildman–Crippen LogP) is 1.82. The minimum atomic E-state index is -0.115. The average molecular weight is 292 g/mol. The Labute approximate surface area is 121 Å². The summed E-state index contributed by atoms with van der Waals surface area (Å²) in [5, 5.41) is 10.7. The van der Waals surface area contributed by atoms with Crippen LogP contribution in [0.15, 0.2) is 33.9 Å². The van der Waals surface area contributed by atoms with E-state index in [9.17, 15) is 4.79 Å². The van der Waals surface area contributed by atoms with Crippen LogP contribution in [-0.4, -0.2) is 21.9 Å². The largest absolute Gasteiger partial charge is 0.415 e. The molecule has 0 fully saturated rings. The van der Waals surface area contributed by atoms with E-state index in [1.54, 1.807) is 0 Å². The number of aromatic nitrogens is 2. The Morgan fingerprint density at radius 3 is 3.00 bits per heavy atom. The Balaban J connectivity index is 1.85. The van der Waals surface area contributed by atoms with Crippen molar-refractivity contribution in [1.82, 2.24) is 10.2 Å². The first-order valence-electron chi connectivity index (χ1n) is 6.25. The Hall–Kier alpha value is -1.86. The number of hydrogen-bond acceptors (Lipinski definition) is 6. The fraction of sp³-hybridized carbons (Fsp3) is 0.308.